The smallest absolute Gasteiger partial charge is 0.240 e. The number of hydrogen-bond donors (Lipinski definition) is 2. The largest absolute Gasteiger partial charge is 0.384 e. The molecule has 6 heteroatoms. The lowest BCUT2D eigenvalue weighted by Crippen LogP contribution is -2.38. The summed E-state index contributed by atoms with van der Waals surface area (Å²) in [6, 6.07) is 14.9. The van der Waals surface area contributed by atoms with Gasteiger partial charge < -0.3 is 5.11 Å². The van der Waals surface area contributed by atoms with E-state index in [0.717, 1.165) is 0 Å². The van der Waals surface area contributed by atoms with Gasteiger partial charge in [-0.05, 0) is 30.7 Å². The molecule has 0 aromatic heterocycles. The Morgan fingerprint density at radius 1 is 1.14 bits per heavy atom. The highest BCUT2D eigenvalue weighted by atomic mass is 35.5. The van der Waals surface area contributed by atoms with Crippen molar-refractivity contribution >= 4 is 21.6 Å². The Morgan fingerprint density at radius 2 is 1.81 bits per heavy atom. The van der Waals surface area contributed by atoms with Gasteiger partial charge in [0.2, 0.25) is 10.0 Å². The second-order valence-corrected chi connectivity index (χ2v) is 7.13. The number of aliphatic hydroxyl groups is 1. The summed E-state index contributed by atoms with van der Waals surface area (Å²) in [5, 5.41) is 10.7. The lowest BCUT2D eigenvalue weighted by Gasteiger charge is -2.24. The summed E-state index contributed by atoms with van der Waals surface area (Å²) in [4.78, 5) is 0.0684. The van der Waals surface area contributed by atoms with Crippen LogP contribution >= 0.6 is 11.6 Å². The molecule has 0 radical (unpaired) electrons. The highest BCUT2D eigenvalue weighted by Crippen LogP contribution is 2.21. The first-order chi connectivity index (χ1) is 9.81. The second kappa shape index (κ2) is 6.15. The summed E-state index contributed by atoms with van der Waals surface area (Å²) in [7, 11) is -3.72. The van der Waals surface area contributed by atoms with E-state index < -0.39 is 15.6 Å². The maximum atomic E-state index is 12.2. The molecule has 0 heterocycles. The zero-order valence-electron chi connectivity index (χ0n) is 11.5. The minimum atomic E-state index is -3.72. The van der Waals surface area contributed by atoms with Crippen LogP contribution in [0, 0.1) is 0 Å². The average Bonchev–Trinajstić information content (AvgIpc) is 2.46. The van der Waals surface area contributed by atoms with Gasteiger partial charge in [-0.25, -0.2) is 13.1 Å². The minimum Gasteiger partial charge on any atom is -0.384 e. The zero-order chi connectivity index (χ0) is 15.5. The van der Waals surface area contributed by atoms with E-state index in [1.165, 1.54) is 12.1 Å². The van der Waals surface area contributed by atoms with Crippen molar-refractivity contribution < 1.29 is 13.5 Å². The number of sulfonamides is 1. The SMILES string of the molecule is C[C@@](O)(CNS(=O)(=O)c1cccc(Cl)c1)c1ccccc1. The lowest BCUT2D eigenvalue weighted by molar-refractivity contribution is 0.0627. The van der Waals surface area contributed by atoms with Crippen LogP contribution in [-0.4, -0.2) is 20.1 Å². The van der Waals surface area contributed by atoms with Gasteiger partial charge in [0, 0.05) is 11.6 Å². The van der Waals surface area contributed by atoms with Crippen LogP contribution in [0.5, 0.6) is 0 Å². The molecule has 0 aliphatic heterocycles. The fourth-order valence-corrected chi connectivity index (χ4v) is 3.28. The maximum absolute atomic E-state index is 12.2. The van der Waals surface area contributed by atoms with Gasteiger partial charge in [-0.2, -0.15) is 0 Å². The quantitative estimate of drug-likeness (QED) is 0.887. The van der Waals surface area contributed by atoms with Crippen LogP contribution < -0.4 is 4.72 Å². The van der Waals surface area contributed by atoms with E-state index in [2.05, 4.69) is 4.72 Å². The van der Waals surface area contributed by atoms with E-state index in [1.54, 1.807) is 43.3 Å². The minimum absolute atomic E-state index is 0.0684. The lowest BCUT2D eigenvalue weighted by atomic mass is 9.97. The van der Waals surface area contributed by atoms with Crippen molar-refractivity contribution in [3.05, 3.63) is 65.2 Å². The van der Waals surface area contributed by atoms with Crippen LogP contribution in [-0.2, 0) is 15.6 Å². The Bertz CT molecular complexity index is 715. The van der Waals surface area contributed by atoms with E-state index >= 15 is 0 Å². The molecule has 1 atom stereocenters. The van der Waals surface area contributed by atoms with Crippen LogP contribution in [0.15, 0.2) is 59.5 Å². The topological polar surface area (TPSA) is 66.4 Å². The predicted molar refractivity (Wildman–Crippen MR) is 82.7 cm³/mol. The first-order valence-electron chi connectivity index (χ1n) is 6.34. The molecule has 2 N–H and O–H groups in total. The van der Waals surface area contributed by atoms with E-state index in [0.29, 0.717) is 10.6 Å². The van der Waals surface area contributed by atoms with Crippen molar-refractivity contribution in [3.8, 4) is 0 Å². The molecule has 21 heavy (non-hydrogen) atoms. The normalized spacial score (nSPS) is 14.6. The van der Waals surface area contributed by atoms with Gasteiger partial charge in [0.25, 0.3) is 0 Å². The Morgan fingerprint density at radius 3 is 2.43 bits per heavy atom. The molecule has 0 amide bonds. The Kier molecular flexibility index (Phi) is 4.68. The molecule has 112 valence electrons. The van der Waals surface area contributed by atoms with Crippen molar-refractivity contribution in [1.82, 2.24) is 4.72 Å². The summed E-state index contributed by atoms with van der Waals surface area (Å²) < 4.78 is 26.8. The first kappa shape index (κ1) is 16.0. The van der Waals surface area contributed by atoms with Crippen LogP contribution in [0.1, 0.15) is 12.5 Å². The summed E-state index contributed by atoms with van der Waals surface area (Å²) in [5.41, 5.74) is -0.661. The highest BCUT2D eigenvalue weighted by molar-refractivity contribution is 7.89. The third-order valence-corrected chi connectivity index (χ3v) is 4.74. The fourth-order valence-electron chi connectivity index (χ4n) is 1.85. The van der Waals surface area contributed by atoms with Gasteiger partial charge in [-0.15, -0.1) is 0 Å². The summed E-state index contributed by atoms with van der Waals surface area (Å²) in [6.07, 6.45) is 0. The molecule has 2 aromatic rings. The molecule has 0 aliphatic carbocycles. The van der Waals surface area contributed by atoms with E-state index in [4.69, 9.17) is 11.6 Å². The number of halogens is 1. The monoisotopic (exact) mass is 325 g/mol. The molecule has 0 fully saturated rings. The van der Waals surface area contributed by atoms with Crippen molar-refractivity contribution in [2.75, 3.05) is 6.54 Å². The number of benzene rings is 2. The average molecular weight is 326 g/mol. The van der Waals surface area contributed by atoms with Gasteiger partial charge in [0.1, 0.15) is 5.60 Å². The molecule has 0 bridgehead atoms. The van der Waals surface area contributed by atoms with Gasteiger partial charge in [0.05, 0.1) is 4.90 Å². The van der Waals surface area contributed by atoms with E-state index in [9.17, 15) is 13.5 Å². The fraction of sp³-hybridized carbons (Fsp3) is 0.200. The Balaban J connectivity index is 2.15. The first-order valence-corrected chi connectivity index (χ1v) is 8.20. The summed E-state index contributed by atoms with van der Waals surface area (Å²) in [6.45, 7) is 1.43. The van der Waals surface area contributed by atoms with Gasteiger partial charge in [-0.1, -0.05) is 48.0 Å². The predicted octanol–water partition coefficient (Wildman–Crippen LogP) is 2.53. The number of rotatable bonds is 5. The number of hydrogen-bond acceptors (Lipinski definition) is 3. The van der Waals surface area contributed by atoms with Crippen LogP contribution in [0.3, 0.4) is 0 Å². The summed E-state index contributed by atoms with van der Waals surface area (Å²) in [5.74, 6) is 0. The van der Waals surface area contributed by atoms with Crippen molar-refractivity contribution in [3.63, 3.8) is 0 Å². The molecule has 2 rings (SSSR count). The van der Waals surface area contributed by atoms with Crippen LogP contribution in [0.4, 0.5) is 0 Å². The van der Waals surface area contributed by atoms with Gasteiger partial charge in [-0.3, -0.25) is 0 Å². The van der Waals surface area contributed by atoms with Crippen LogP contribution in [0.2, 0.25) is 5.02 Å². The zero-order valence-corrected chi connectivity index (χ0v) is 13.0. The molecule has 0 unspecified atom stereocenters. The summed E-state index contributed by atoms with van der Waals surface area (Å²) >= 11 is 5.80. The second-order valence-electron chi connectivity index (χ2n) is 4.92. The molecular formula is C15H16ClNO3S. The Labute approximate surface area is 129 Å². The third kappa shape index (κ3) is 4.04. The molecular weight excluding hydrogens is 310 g/mol. The Hall–Kier alpha value is -1.40. The molecule has 0 aliphatic rings. The molecule has 0 saturated carbocycles. The molecule has 0 saturated heterocycles. The van der Waals surface area contributed by atoms with E-state index in [1.807, 2.05) is 6.07 Å². The highest BCUT2D eigenvalue weighted by Gasteiger charge is 2.26. The van der Waals surface area contributed by atoms with E-state index in [-0.39, 0.29) is 11.4 Å². The van der Waals surface area contributed by atoms with Crippen molar-refractivity contribution in [2.24, 2.45) is 0 Å². The molecule has 0 spiro atoms. The maximum Gasteiger partial charge on any atom is 0.240 e. The standard InChI is InChI=1S/C15H16ClNO3S/c1-15(18,12-6-3-2-4-7-12)11-17-21(19,20)14-9-5-8-13(16)10-14/h2-10,17-18H,11H2,1H3/t15-/m1/s1. The molecule has 4 nitrogen and oxygen atoms in total. The van der Waals surface area contributed by atoms with Crippen LogP contribution in [0.25, 0.3) is 0 Å². The molecule has 2 aromatic carbocycles. The van der Waals surface area contributed by atoms with Gasteiger partial charge >= 0.3 is 0 Å². The van der Waals surface area contributed by atoms with Gasteiger partial charge in [0.15, 0.2) is 0 Å². The number of nitrogens with one attached hydrogen (secondary N) is 1. The third-order valence-electron chi connectivity index (χ3n) is 3.11. The van der Waals surface area contributed by atoms with Crippen molar-refractivity contribution in [2.45, 2.75) is 17.4 Å². The van der Waals surface area contributed by atoms with Crippen molar-refractivity contribution in [1.29, 1.82) is 0 Å².